The maximum Gasteiger partial charge on any atom is 0.243 e. The molecule has 6 heteroatoms. The largest absolute Gasteiger partial charge is 0.304 e. The van der Waals surface area contributed by atoms with Gasteiger partial charge >= 0.3 is 0 Å². The van der Waals surface area contributed by atoms with Gasteiger partial charge in [0, 0.05) is 38.8 Å². The van der Waals surface area contributed by atoms with Gasteiger partial charge in [-0.25, -0.2) is 8.42 Å². The van der Waals surface area contributed by atoms with Gasteiger partial charge in [0.25, 0.3) is 0 Å². The molecule has 134 valence electrons. The van der Waals surface area contributed by atoms with Crippen molar-refractivity contribution in [2.75, 3.05) is 46.3 Å². The van der Waals surface area contributed by atoms with Crippen LogP contribution in [0.25, 0.3) is 0 Å². The quantitative estimate of drug-likeness (QED) is 0.811. The molecule has 5 nitrogen and oxygen atoms in total. The maximum absolute atomic E-state index is 13.0. The molecule has 24 heavy (non-hydrogen) atoms. The Balaban J connectivity index is 1.64. The summed E-state index contributed by atoms with van der Waals surface area (Å²) in [6, 6.07) is 7.42. The third kappa shape index (κ3) is 3.99. The van der Waals surface area contributed by atoms with Crippen LogP contribution in [0.4, 0.5) is 0 Å². The highest BCUT2D eigenvalue weighted by molar-refractivity contribution is 7.89. The van der Waals surface area contributed by atoms with Gasteiger partial charge < -0.3 is 9.80 Å². The van der Waals surface area contributed by atoms with Crippen molar-refractivity contribution >= 4 is 10.0 Å². The minimum Gasteiger partial charge on any atom is -0.304 e. The fourth-order valence-electron chi connectivity index (χ4n) is 3.73. The zero-order valence-corrected chi connectivity index (χ0v) is 15.6. The lowest BCUT2D eigenvalue weighted by Gasteiger charge is -2.33. The Morgan fingerprint density at radius 1 is 1.12 bits per heavy atom. The second-order valence-corrected chi connectivity index (χ2v) is 9.05. The van der Waals surface area contributed by atoms with E-state index in [0.717, 1.165) is 57.5 Å². The molecule has 0 bridgehead atoms. The molecule has 0 amide bonds. The minimum absolute atomic E-state index is 0.148. The van der Waals surface area contributed by atoms with Crippen LogP contribution in [0.2, 0.25) is 0 Å². The molecule has 0 radical (unpaired) electrons. The summed E-state index contributed by atoms with van der Waals surface area (Å²) < 4.78 is 27.7. The summed E-state index contributed by atoms with van der Waals surface area (Å²) in [7, 11) is -1.21. The van der Waals surface area contributed by atoms with Crippen LogP contribution in [-0.2, 0) is 10.0 Å². The molecule has 1 atom stereocenters. The topological polar surface area (TPSA) is 43.9 Å². The van der Waals surface area contributed by atoms with E-state index in [1.807, 2.05) is 19.1 Å². The van der Waals surface area contributed by atoms with Crippen LogP contribution in [0, 0.1) is 6.92 Å². The fourth-order valence-corrected chi connectivity index (χ4v) is 5.56. The van der Waals surface area contributed by atoms with Crippen LogP contribution in [0.1, 0.15) is 24.8 Å². The van der Waals surface area contributed by atoms with Crippen LogP contribution >= 0.6 is 0 Å². The first-order valence-corrected chi connectivity index (χ1v) is 10.4. The highest BCUT2D eigenvalue weighted by atomic mass is 32.2. The maximum atomic E-state index is 13.0. The van der Waals surface area contributed by atoms with Crippen LogP contribution in [-0.4, -0.2) is 74.9 Å². The standard InChI is InChI=1S/C18H29N3O2S/c1-16-5-3-7-18(15-16)24(22,23)21-9-4-6-17(21)8-10-20-13-11-19(2)12-14-20/h3,5,7,15,17H,4,6,8-14H2,1-2H3/t17-/m1/s1. The predicted octanol–water partition coefficient (Wildman–Crippen LogP) is 1.79. The second-order valence-electron chi connectivity index (χ2n) is 7.16. The normalized spacial score (nSPS) is 24.5. The molecular weight excluding hydrogens is 322 g/mol. The van der Waals surface area contributed by atoms with Crippen LogP contribution in [0.3, 0.4) is 0 Å². The summed E-state index contributed by atoms with van der Waals surface area (Å²) in [5.74, 6) is 0. The molecular formula is C18H29N3O2S. The predicted molar refractivity (Wildman–Crippen MR) is 96.6 cm³/mol. The molecule has 2 heterocycles. The van der Waals surface area contributed by atoms with Gasteiger partial charge in [0.2, 0.25) is 10.0 Å². The Kier molecular flexibility index (Phi) is 5.59. The van der Waals surface area contributed by atoms with Crippen LogP contribution in [0.15, 0.2) is 29.2 Å². The summed E-state index contributed by atoms with van der Waals surface area (Å²) in [5.41, 5.74) is 0.990. The number of hydrogen-bond donors (Lipinski definition) is 0. The summed E-state index contributed by atoms with van der Waals surface area (Å²) in [6.07, 6.45) is 2.89. The van der Waals surface area contributed by atoms with Gasteiger partial charge in [-0.05, 0) is 57.5 Å². The molecule has 0 aliphatic carbocycles. The van der Waals surface area contributed by atoms with Gasteiger partial charge in [-0.2, -0.15) is 4.31 Å². The van der Waals surface area contributed by atoms with E-state index in [0.29, 0.717) is 11.4 Å². The summed E-state index contributed by atoms with van der Waals surface area (Å²) >= 11 is 0. The van der Waals surface area contributed by atoms with Gasteiger partial charge in [0.05, 0.1) is 4.90 Å². The molecule has 3 rings (SSSR count). The van der Waals surface area contributed by atoms with E-state index in [4.69, 9.17) is 0 Å². The molecule has 0 aromatic heterocycles. The van der Waals surface area contributed by atoms with Crippen LogP contribution < -0.4 is 0 Å². The highest BCUT2D eigenvalue weighted by Gasteiger charge is 2.35. The van der Waals surface area contributed by atoms with E-state index in [2.05, 4.69) is 16.8 Å². The molecule has 2 aliphatic rings. The average molecular weight is 352 g/mol. The van der Waals surface area contributed by atoms with E-state index in [-0.39, 0.29) is 6.04 Å². The molecule has 2 saturated heterocycles. The first kappa shape index (κ1) is 17.9. The SMILES string of the molecule is Cc1cccc(S(=O)(=O)N2CCC[C@@H]2CCN2CCN(C)CC2)c1. The number of piperazine rings is 1. The van der Waals surface area contributed by atoms with Crippen molar-refractivity contribution in [3.05, 3.63) is 29.8 Å². The summed E-state index contributed by atoms with van der Waals surface area (Å²) in [5, 5.41) is 0. The molecule has 2 aliphatic heterocycles. The van der Waals surface area contributed by atoms with E-state index < -0.39 is 10.0 Å². The minimum atomic E-state index is -3.37. The lowest BCUT2D eigenvalue weighted by Crippen LogP contribution is -2.46. The van der Waals surface area contributed by atoms with Gasteiger partial charge in [-0.3, -0.25) is 0 Å². The van der Waals surface area contributed by atoms with Crippen molar-refractivity contribution in [1.29, 1.82) is 0 Å². The zero-order valence-electron chi connectivity index (χ0n) is 14.8. The third-order valence-electron chi connectivity index (χ3n) is 5.29. The average Bonchev–Trinajstić information content (AvgIpc) is 3.04. The molecule has 1 aromatic carbocycles. The van der Waals surface area contributed by atoms with Gasteiger partial charge in [0.15, 0.2) is 0 Å². The number of sulfonamides is 1. The monoisotopic (exact) mass is 351 g/mol. The molecule has 0 spiro atoms. The number of rotatable bonds is 5. The molecule has 1 aromatic rings. The Hall–Kier alpha value is -0.950. The van der Waals surface area contributed by atoms with Gasteiger partial charge in [-0.1, -0.05) is 12.1 Å². The lowest BCUT2D eigenvalue weighted by atomic mass is 10.1. The molecule has 0 saturated carbocycles. The highest BCUT2D eigenvalue weighted by Crippen LogP contribution is 2.28. The zero-order chi connectivity index (χ0) is 17.2. The second kappa shape index (κ2) is 7.52. The third-order valence-corrected chi connectivity index (χ3v) is 7.24. The number of likely N-dealkylation sites (N-methyl/N-ethyl adjacent to an activating group) is 1. The van der Waals surface area contributed by atoms with E-state index in [1.54, 1.807) is 16.4 Å². The van der Waals surface area contributed by atoms with Crippen molar-refractivity contribution in [2.45, 2.75) is 37.1 Å². The Morgan fingerprint density at radius 3 is 2.58 bits per heavy atom. The lowest BCUT2D eigenvalue weighted by molar-refractivity contribution is 0.146. The first-order valence-electron chi connectivity index (χ1n) is 8.96. The molecule has 0 N–H and O–H groups in total. The Bertz CT molecular complexity index is 654. The number of aryl methyl sites for hydroxylation is 1. The van der Waals surface area contributed by atoms with Crippen LogP contribution in [0.5, 0.6) is 0 Å². The van der Waals surface area contributed by atoms with E-state index >= 15 is 0 Å². The summed E-state index contributed by atoms with van der Waals surface area (Å²) in [4.78, 5) is 5.25. The van der Waals surface area contributed by atoms with Crippen molar-refractivity contribution in [1.82, 2.24) is 14.1 Å². The first-order chi connectivity index (χ1) is 11.5. The van der Waals surface area contributed by atoms with E-state index in [1.165, 1.54) is 0 Å². The number of hydrogen-bond acceptors (Lipinski definition) is 4. The number of nitrogens with zero attached hydrogens (tertiary/aromatic N) is 3. The smallest absolute Gasteiger partial charge is 0.243 e. The van der Waals surface area contributed by atoms with Gasteiger partial charge in [-0.15, -0.1) is 0 Å². The van der Waals surface area contributed by atoms with Gasteiger partial charge in [0.1, 0.15) is 0 Å². The Labute approximate surface area is 146 Å². The van der Waals surface area contributed by atoms with Crippen molar-refractivity contribution < 1.29 is 8.42 Å². The number of benzene rings is 1. The molecule has 2 fully saturated rings. The fraction of sp³-hybridized carbons (Fsp3) is 0.667. The van der Waals surface area contributed by atoms with Crippen molar-refractivity contribution in [3.8, 4) is 0 Å². The van der Waals surface area contributed by atoms with Crippen molar-refractivity contribution in [3.63, 3.8) is 0 Å². The Morgan fingerprint density at radius 2 is 1.88 bits per heavy atom. The summed E-state index contributed by atoms with van der Waals surface area (Å²) in [6.45, 7) is 7.99. The molecule has 0 unspecified atom stereocenters. The van der Waals surface area contributed by atoms with E-state index in [9.17, 15) is 8.42 Å². The van der Waals surface area contributed by atoms with Crippen molar-refractivity contribution in [2.24, 2.45) is 0 Å².